The van der Waals surface area contributed by atoms with Gasteiger partial charge in [0.1, 0.15) is 18.0 Å². The monoisotopic (exact) mass is 648 g/mol. The first-order chi connectivity index (χ1) is 20.5. The predicted octanol–water partition coefficient (Wildman–Crippen LogP) is 6.39. The van der Waals surface area contributed by atoms with Gasteiger partial charge in [0.15, 0.2) is 0 Å². The number of benzene rings is 3. The largest absolute Gasteiger partial charge is 0.481 e. The molecule has 1 saturated heterocycles. The molecular formula is C31H31Cl2FN2O6S. The van der Waals surface area contributed by atoms with E-state index in [1.54, 1.807) is 61.5 Å². The van der Waals surface area contributed by atoms with Crippen LogP contribution in [0.4, 0.5) is 10.1 Å². The molecule has 0 radical (unpaired) electrons. The van der Waals surface area contributed by atoms with Gasteiger partial charge in [-0.3, -0.25) is 13.9 Å². The van der Waals surface area contributed by atoms with E-state index >= 15 is 4.39 Å². The zero-order valence-corrected chi connectivity index (χ0v) is 25.6. The van der Waals surface area contributed by atoms with Crippen molar-refractivity contribution in [2.75, 3.05) is 10.8 Å². The van der Waals surface area contributed by atoms with Gasteiger partial charge in [-0.15, -0.1) is 0 Å². The first-order valence-corrected chi connectivity index (χ1v) is 16.2. The fraction of sp³-hybridized carbons (Fsp3) is 0.355. The highest BCUT2D eigenvalue weighted by molar-refractivity contribution is 7.93. The fourth-order valence-electron chi connectivity index (χ4n) is 5.54. The summed E-state index contributed by atoms with van der Waals surface area (Å²) in [7, 11) is -3.96. The number of morpholine rings is 1. The molecule has 43 heavy (non-hydrogen) atoms. The first-order valence-electron chi connectivity index (χ1n) is 14.0. The fourth-order valence-corrected chi connectivity index (χ4v) is 7.76. The van der Waals surface area contributed by atoms with E-state index in [9.17, 15) is 23.1 Å². The van der Waals surface area contributed by atoms with E-state index < -0.39 is 63.7 Å². The molecule has 1 N–H and O–H groups in total. The summed E-state index contributed by atoms with van der Waals surface area (Å²) in [6.45, 7) is 1.56. The molecule has 1 heterocycles. The zero-order valence-electron chi connectivity index (χ0n) is 23.3. The Hall–Kier alpha value is -3.18. The molecule has 0 spiro atoms. The van der Waals surface area contributed by atoms with Crippen molar-refractivity contribution in [2.24, 2.45) is 0 Å². The Morgan fingerprint density at radius 3 is 2.35 bits per heavy atom. The molecule has 2 fully saturated rings. The van der Waals surface area contributed by atoms with Crippen molar-refractivity contribution >= 4 is 50.8 Å². The maximum atomic E-state index is 15.1. The number of nitrogens with zero attached hydrogens (tertiary/aromatic N) is 2. The second-order valence-electron chi connectivity index (χ2n) is 10.7. The maximum absolute atomic E-state index is 15.1. The van der Waals surface area contributed by atoms with Crippen LogP contribution in [-0.2, 0) is 24.3 Å². The van der Waals surface area contributed by atoms with Crippen molar-refractivity contribution in [3.05, 3.63) is 99.8 Å². The number of carboxylic acid groups (broad SMARTS) is 1. The summed E-state index contributed by atoms with van der Waals surface area (Å²) >= 11 is 12.5. The topological polar surface area (TPSA) is 104 Å². The Bertz CT molecular complexity index is 1600. The van der Waals surface area contributed by atoms with Crippen molar-refractivity contribution in [3.8, 4) is 0 Å². The summed E-state index contributed by atoms with van der Waals surface area (Å²) < 4.78 is 49.9. The summed E-state index contributed by atoms with van der Waals surface area (Å²) in [5, 5.41) is 9.91. The Balaban J connectivity index is 1.66. The molecule has 0 aromatic heterocycles. The van der Waals surface area contributed by atoms with Gasteiger partial charge in [-0.1, -0.05) is 66.5 Å². The number of ether oxygens (including phenoxy) is 1. The molecular weight excluding hydrogens is 618 g/mol. The van der Waals surface area contributed by atoms with Crippen LogP contribution in [-0.4, -0.2) is 54.2 Å². The summed E-state index contributed by atoms with van der Waals surface area (Å²) in [5.74, 6) is -2.54. The van der Waals surface area contributed by atoms with Crippen LogP contribution in [0.5, 0.6) is 0 Å². The third-order valence-electron chi connectivity index (χ3n) is 7.79. The van der Waals surface area contributed by atoms with Gasteiger partial charge in [-0.2, -0.15) is 0 Å². The highest BCUT2D eigenvalue weighted by Gasteiger charge is 2.49. The van der Waals surface area contributed by atoms with Crippen LogP contribution < -0.4 is 4.31 Å². The Morgan fingerprint density at radius 1 is 1.05 bits per heavy atom. The highest BCUT2D eigenvalue weighted by Crippen LogP contribution is 2.45. The molecule has 5 rings (SSSR count). The number of amides is 1. The van der Waals surface area contributed by atoms with E-state index in [2.05, 4.69) is 0 Å². The van der Waals surface area contributed by atoms with Gasteiger partial charge < -0.3 is 14.7 Å². The summed E-state index contributed by atoms with van der Waals surface area (Å²) in [5.41, 5.74) is 1.13. The molecule has 8 nitrogen and oxygen atoms in total. The summed E-state index contributed by atoms with van der Waals surface area (Å²) in [4.78, 5) is 27.5. The van der Waals surface area contributed by atoms with Crippen molar-refractivity contribution < 1.29 is 32.2 Å². The number of sulfonamides is 1. The van der Waals surface area contributed by atoms with E-state index in [-0.39, 0.29) is 18.7 Å². The van der Waals surface area contributed by atoms with Crippen molar-refractivity contribution in [1.29, 1.82) is 0 Å². The Kier molecular flexibility index (Phi) is 9.31. The molecule has 228 valence electrons. The van der Waals surface area contributed by atoms with E-state index in [4.69, 9.17) is 27.9 Å². The molecule has 0 unspecified atom stereocenters. The number of carboxylic acids is 1. The third-order valence-corrected chi connectivity index (χ3v) is 10.6. The lowest BCUT2D eigenvalue weighted by molar-refractivity contribution is -0.183. The first kappa shape index (κ1) is 31.3. The van der Waals surface area contributed by atoms with Crippen LogP contribution >= 0.6 is 23.2 Å². The van der Waals surface area contributed by atoms with E-state index in [1.165, 1.54) is 23.1 Å². The standard InChI is InChI=1S/C31H31Cl2FN2O6S/c1-2-23(18-35(43(40,41)24-14-15-24)26-9-4-3-8-25(26)34)36-29(19-10-12-21(32)13-11-19)30(20-6-5-7-22(33)16-20)42-27(31(36)39)17-28(37)38/h3-13,16,23-24,27,29-30H,2,14-15,17-18H2,1H3,(H,37,38)/t23-,27-,29+,30+/m0/s1. The van der Waals surface area contributed by atoms with Gasteiger partial charge in [0, 0.05) is 10.0 Å². The minimum Gasteiger partial charge on any atom is -0.481 e. The molecule has 1 aliphatic heterocycles. The average Bonchev–Trinajstić information content (AvgIpc) is 3.82. The minimum absolute atomic E-state index is 0.106. The number of carbonyl (C=O) groups excluding carboxylic acids is 1. The Morgan fingerprint density at radius 2 is 1.74 bits per heavy atom. The number of hydrogen-bond acceptors (Lipinski definition) is 5. The van der Waals surface area contributed by atoms with Gasteiger partial charge in [-0.05, 0) is 66.8 Å². The van der Waals surface area contributed by atoms with E-state index in [0.717, 1.165) is 4.31 Å². The van der Waals surface area contributed by atoms with Crippen LogP contribution in [0.1, 0.15) is 55.9 Å². The lowest BCUT2D eigenvalue weighted by Gasteiger charge is -2.48. The van der Waals surface area contributed by atoms with Crippen molar-refractivity contribution in [3.63, 3.8) is 0 Å². The lowest BCUT2D eigenvalue weighted by atomic mass is 9.89. The van der Waals surface area contributed by atoms with Gasteiger partial charge in [0.25, 0.3) is 5.91 Å². The quantitative estimate of drug-likeness (QED) is 0.258. The van der Waals surface area contributed by atoms with Crippen LogP contribution in [0, 0.1) is 5.82 Å². The number of aliphatic carboxylic acids is 1. The van der Waals surface area contributed by atoms with Crippen LogP contribution in [0.25, 0.3) is 0 Å². The molecule has 1 saturated carbocycles. The molecule has 4 atom stereocenters. The van der Waals surface area contributed by atoms with E-state index in [1.807, 2.05) is 0 Å². The second-order valence-corrected chi connectivity index (χ2v) is 13.7. The third kappa shape index (κ3) is 6.67. The van der Waals surface area contributed by atoms with Crippen molar-refractivity contribution in [1.82, 2.24) is 4.90 Å². The molecule has 1 amide bonds. The minimum atomic E-state index is -3.96. The highest BCUT2D eigenvalue weighted by atomic mass is 35.5. The SMILES string of the molecule is CC[C@@H](CN(c1ccccc1F)S(=O)(=O)C1CC1)N1C(=O)[C@H](CC(=O)O)O[C@H](c2cccc(Cl)c2)[C@H]1c1ccc(Cl)cc1. The smallest absolute Gasteiger partial charge is 0.306 e. The molecule has 2 aliphatic rings. The van der Waals surface area contributed by atoms with Gasteiger partial charge in [-0.25, -0.2) is 12.8 Å². The summed E-state index contributed by atoms with van der Waals surface area (Å²) in [6, 6.07) is 17.7. The van der Waals surface area contributed by atoms with Gasteiger partial charge >= 0.3 is 5.97 Å². The number of carbonyl (C=O) groups is 2. The number of hydrogen-bond donors (Lipinski definition) is 1. The number of anilines is 1. The lowest BCUT2D eigenvalue weighted by Crippen LogP contribution is -2.58. The Labute approximate surface area is 260 Å². The zero-order chi connectivity index (χ0) is 30.9. The van der Waals surface area contributed by atoms with E-state index in [0.29, 0.717) is 34.0 Å². The van der Waals surface area contributed by atoms with Crippen LogP contribution in [0.2, 0.25) is 10.0 Å². The predicted molar refractivity (Wildman–Crippen MR) is 162 cm³/mol. The summed E-state index contributed by atoms with van der Waals surface area (Å²) in [6.07, 6.45) is -1.62. The van der Waals surface area contributed by atoms with Crippen LogP contribution in [0.3, 0.4) is 0 Å². The van der Waals surface area contributed by atoms with Gasteiger partial charge in [0.2, 0.25) is 10.0 Å². The van der Waals surface area contributed by atoms with Gasteiger partial charge in [0.05, 0.1) is 36.0 Å². The molecule has 3 aromatic rings. The number of para-hydroxylation sites is 1. The van der Waals surface area contributed by atoms with Crippen molar-refractivity contribution in [2.45, 2.75) is 62.1 Å². The number of rotatable bonds is 11. The number of halogens is 3. The maximum Gasteiger partial charge on any atom is 0.306 e. The van der Waals surface area contributed by atoms with Crippen LogP contribution in [0.15, 0.2) is 72.8 Å². The average molecular weight is 650 g/mol. The second kappa shape index (κ2) is 12.8. The molecule has 1 aliphatic carbocycles. The molecule has 3 aromatic carbocycles. The molecule has 12 heteroatoms. The molecule has 0 bridgehead atoms. The normalized spacial score (nSPS) is 21.4.